The maximum absolute atomic E-state index is 13.9. The molecule has 0 fully saturated rings. The lowest BCUT2D eigenvalue weighted by molar-refractivity contribution is -0.124. The SMILES string of the molecule is CCC(C)NC(C)(C(N)=O)c1cc(Br)ccc1F. The zero-order valence-corrected chi connectivity index (χ0v) is 12.3. The van der Waals surface area contributed by atoms with Crippen LogP contribution in [0.1, 0.15) is 32.8 Å². The summed E-state index contributed by atoms with van der Waals surface area (Å²) in [6.45, 7) is 5.51. The number of benzene rings is 1. The van der Waals surface area contributed by atoms with Crippen LogP contribution in [-0.4, -0.2) is 11.9 Å². The van der Waals surface area contributed by atoms with Gasteiger partial charge in [0.25, 0.3) is 0 Å². The summed E-state index contributed by atoms with van der Waals surface area (Å²) in [4.78, 5) is 11.7. The minimum Gasteiger partial charge on any atom is -0.368 e. The van der Waals surface area contributed by atoms with Crippen LogP contribution >= 0.6 is 15.9 Å². The van der Waals surface area contributed by atoms with Crippen LogP contribution in [0.5, 0.6) is 0 Å². The van der Waals surface area contributed by atoms with Gasteiger partial charge in [-0.05, 0) is 38.5 Å². The maximum Gasteiger partial charge on any atom is 0.242 e. The lowest BCUT2D eigenvalue weighted by atomic mass is 9.89. The number of primary amides is 1. The van der Waals surface area contributed by atoms with E-state index in [4.69, 9.17) is 5.73 Å². The van der Waals surface area contributed by atoms with Crippen molar-refractivity contribution in [1.82, 2.24) is 5.32 Å². The molecule has 0 radical (unpaired) electrons. The summed E-state index contributed by atoms with van der Waals surface area (Å²) >= 11 is 3.27. The van der Waals surface area contributed by atoms with Gasteiger partial charge in [0.15, 0.2) is 0 Å². The number of nitrogens with one attached hydrogen (secondary N) is 1. The van der Waals surface area contributed by atoms with Gasteiger partial charge in [-0.1, -0.05) is 22.9 Å². The van der Waals surface area contributed by atoms with Gasteiger partial charge in [-0.25, -0.2) is 4.39 Å². The minimum atomic E-state index is -1.22. The summed E-state index contributed by atoms with van der Waals surface area (Å²) in [6.07, 6.45) is 0.818. The maximum atomic E-state index is 13.9. The quantitative estimate of drug-likeness (QED) is 0.877. The highest BCUT2D eigenvalue weighted by molar-refractivity contribution is 9.10. The predicted molar refractivity (Wildman–Crippen MR) is 73.5 cm³/mol. The normalized spacial score (nSPS) is 16.1. The molecule has 18 heavy (non-hydrogen) atoms. The van der Waals surface area contributed by atoms with Crippen molar-refractivity contribution in [3.63, 3.8) is 0 Å². The van der Waals surface area contributed by atoms with Crippen molar-refractivity contribution in [1.29, 1.82) is 0 Å². The summed E-state index contributed by atoms with van der Waals surface area (Å²) in [5.41, 5.74) is 4.48. The van der Waals surface area contributed by atoms with Gasteiger partial charge in [0.05, 0.1) is 0 Å². The summed E-state index contributed by atoms with van der Waals surface area (Å²) in [5, 5.41) is 3.09. The molecule has 3 N–H and O–H groups in total. The minimum absolute atomic E-state index is 0.0564. The number of amides is 1. The van der Waals surface area contributed by atoms with Crippen molar-refractivity contribution in [2.24, 2.45) is 5.73 Å². The Bertz CT molecular complexity index is 453. The van der Waals surface area contributed by atoms with Crippen LogP contribution in [0.4, 0.5) is 4.39 Å². The fourth-order valence-corrected chi connectivity index (χ4v) is 2.12. The van der Waals surface area contributed by atoms with Gasteiger partial charge in [0.2, 0.25) is 5.91 Å². The highest BCUT2D eigenvalue weighted by Gasteiger charge is 2.36. The molecule has 0 bridgehead atoms. The molecule has 0 aromatic heterocycles. The van der Waals surface area contributed by atoms with E-state index in [0.29, 0.717) is 4.47 Å². The molecular formula is C13H18BrFN2O. The largest absolute Gasteiger partial charge is 0.368 e. The van der Waals surface area contributed by atoms with Crippen molar-refractivity contribution < 1.29 is 9.18 Å². The lowest BCUT2D eigenvalue weighted by Crippen LogP contribution is -2.53. The molecule has 0 spiro atoms. The first-order valence-electron chi connectivity index (χ1n) is 5.84. The van der Waals surface area contributed by atoms with Gasteiger partial charge in [-0.15, -0.1) is 0 Å². The van der Waals surface area contributed by atoms with Crippen LogP contribution in [0, 0.1) is 5.82 Å². The van der Waals surface area contributed by atoms with Crippen molar-refractivity contribution in [2.45, 2.75) is 38.8 Å². The number of rotatable bonds is 5. The van der Waals surface area contributed by atoms with Gasteiger partial charge in [0.1, 0.15) is 11.4 Å². The number of carbonyl (C=O) groups is 1. The molecule has 0 aliphatic rings. The van der Waals surface area contributed by atoms with Crippen molar-refractivity contribution in [3.8, 4) is 0 Å². The Balaban J connectivity index is 3.26. The third-order valence-electron chi connectivity index (χ3n) is 3.11. The molecule has 1 aromatic rings. The standard InChI is InChI=1S/C13H18BrFN2O/c1-4-8(2)17-13(3,12(16)18)10-7-9(14)5-6-11(10)15/h5-8,17H,4H2,1-3H3,(H2,16,18). The van der Waals surface area contributed by atoms with E-state index in [1.165, 1.54) is 6.07 Å². The number of hydrogen-bond donors (Lipinski definition) is 2. The summed E-state index contributed by atoms with van der Waals surface area (Å²) in [5.74, 6) is -1.05. The lowest BCUT2D eigenvalue weighted by Gasteiger charge is -2.31. The Labute approximate surface area is 115 Å². The third-order valence-corrected chi connectivity index (χ3v) is 3.60. The highest BCUT2D eigenvalue weighted by atomic mass is 79.9. The molecule has 100 valence electrons. The Morgan fingerprint density at radius 3 is 2.72 bits per heavy atom. The number of hydrogen-bond acceptors (Lipinski definition) is 2. The smallest absolute Gasteiger partial charge is 0.242 e. The summed E-state index contributed by atoms with van der Waals surface area (Å²) in [6, 6.07) is 4.54. The van der Waals surface area contributed by atoms with Gasteiger partial charge >= 0.3 is 0 Å². The second-order valence-corrected chi connectivity index (χ2v) is 5.48. The molecule has 0 heterocycles. The molecular weight excluding hydrogens is 299 g/mol. The van der Waals surface area contributed by atoms with E-state index in [1.807, 2.05) is 13.8 Å². The average molecular weight is 317 g/mol. The van der Waals surface area contributed by atoms with E-state index in [9.17, 15) is 9.18 Å². The molecule has 2 atom stereocenters. The second-order valence-electron chi connectivity index (χ2n) is 4.57. The van der Waals surface area contributed by atoms with Crippen molar-refractivity contribution in [3.05, 3.63) is 34.1 Å². The van der Waals surface area contributed by atoms with E-state index < -0.39 is 17.3 Å². The zero-order valence-electron chi connectivity index (χ0n) is 10.8. The molecule has 3 nitrogen and oxygen atoms in total. The zero-order chi connectivity index (χ0) is 13.9. The van der Waals surface area contributed by atoms with Gasteiger partial charge in [0, 0.05) is 16.1 Å². The first kappa shape index (κ1) is 15.1. The number of halogens is 2. The first-order valence-corrected chi connectivity index (χ1v) is 6.63. The highest BCUT2D eigenvalue weighted by Crippen LogP contribution is 2.27. The molecule has 2 unspecified atom stereocenters. The molecule has 1 rings (SSSR count). The molecule has 1 amide bonds. The Kier molecular flexibility index (Phi) is 4.87. The molecule has 5 heteroatoms. The predicted octanol–water partition coefficient (Wildman–Crippen LogP) is 2.68. The van der Waals surface area contributed by atoms with E-state index in [2.05, 4.69) is 21.2 Å². The fraction of sp³-hybridized carbons (Fsp3) is 0.462. The van der Waals surface area contributed by atoms with E-state index in [-0.39, 0.29) is 11.6 Å². The van der Waals surface area contributed by atoms with E-state index >= 15 is 0 Å². The molecule has 0 saturated carbocycles. The third kappa shape index (κ3) is 3.09. The van der Waals surface area contributed by atoms with E-state index in [0.717, 1.165) is 6.42 Å². The molecule has 0 saturated heterocycles. The number of nitrogens with two attached hydrogens (primary N) is 1. The van der Waals surface area contributed by atoms with E-state index in [1.54, 1.807) is 19.1 Å². The Morgan fingerprint density at radius 1 is 1.61 bits per heavy atom. The topological polar surface area (TPSA) is 55.1 Å². The summed E-state index contributed by atoms with van der Waals surface area (Å²) < 4.78 is 14.6. The van der Waals surface area contributed by atoms with Gasteiger partial charge < -0.3 is 5.73 Å². The Hall–Kier alpha value is -0.940. The van der Waals surface area contributed by atoms with Crippen LogP contribution in [0.2, 0.25) is 0 Å². The van der Waals surface area contributed by atoms with Crippen molar-refractivity contribution >= 4 is 21.8 Å². The van der Waals surface area contributed by atoms with Crippen LogP contribution in [0.25, 0.3) is 0 Å². The summed E-state index contributed by atoms with van der Waals surface area (Å²) in [7, 11) is 0. The fourth-order valence-electron chi connectivity index (χ4n) is 1.76. The van der Waals surface area contributed by atoms with Crippen molar-refractivity contribution in [2.75, 3.05) is 0 Å². The monoisotopic (exact) mass is 316 g/mol. The van der Waals surface area contributed by atoms with Crippen LogP contribution in [-0.2, 0) is 10.3 Å². The van der Waals surface area contributed by atoms with Crippen LogP contribution in [0.3, 0.4) is 0 Å². The molecule has 0 aliphatic carbocycles. The molecule has 1 aromatic carbocycles. The Morgan fingerprint density at radius 2 is 2.22 bits per heavy atom. The van der Waals surface area contributed by atoms with Crippen LogP contribution < -0.4 is 11.1 Å². The van der Waals surface area contributed by atoms with Crippen LogP contribution in [0.15, 0.2) is 22.7 Å². The van der Waals surface area contributed by atoms with Gasteiger partial charge in [-0.2, -0.15) is 0 Å². The molecule has 0 aliphatic heterocycles. The first-order chi connectivity index (χ1) is 8.31. The number of carbonyl (C=O) groups excluding carboxylic acids is 1. The van der Waals surface area contributed by atoms with Gasteiger partial charge in [-0.3, -0.25) is 10.1 Å². The average Bonchev–Trinajstić information content (AvgIpc) is 2.31. The second kappa shape index (κ2) is 5.80.